The molecule has 0 aliphatic heterocycles. The molecule has 0 bridgehead atoms. The van der Waals surface area contributed by atoms with Crippen molar-refractivity contribution in [1.82, 2.24) is 5.43 Å². The van der Waals surface area contributed by atoms with Crippen molar-refractivity contribution in [2.45, 2.75) is 6.61 Å². The number of ether oxygens (including phenoxy) is 1. The molecule has 4 rings (SSSR count). The number of nitrogens with one attached hydrogen (secondary N) is 1. The molecule has 2 N–H and O–H groups in total. The third-order valence-electron chi connectivity index (χ3n) is 4.82. The van der Waals surface area contributed by atoms with Gasteiger partial charge in [-0.3, -0.25) is 14.9 Å². The van der Waals surface area contributed by atoms with Crippen LogP contribution in [-0.4, -0.2) is 28.1 Å². The molecule has 0 atom stereocenters. The molecule has 0 spiro atoms. The van der Waals surface area contributed by atoms with Crippen molar-refractivity contribution < 1.29 is 24.4 Å². The van der Waals surface area contributed by atoms with Gasteiger partial charge >= 0.3 is 5.97 Å². The van der Waals surface area contributed by atoms with Gasteiger partial charge in [-0.25, -0.2) is 10.2 Å². The summed E-state index contributed by atoms with van der Waals surface area (Å²) in [5, 5.41) is 24.5. The van der Waals surface area contributed by atoms with Gasteiger partial charge in [-0.2, -0.15) is 5.10 Å². The number of amides is 1. The first-order chi connectivity index (χ1) is 16.4. The summed E-state index contributed by atoms with van der Waals surface area (Å²) < 4.78 is 6.59. The maximum atomic E-state index is 12.5. The number of fused-ring (bicyclic) bond motifs is 1. The number of carboxylic acids is 1. The molecule has 0 radical (unpaired) electrons. The Hall–Kier alpha value is -4.57. The number of nitro benzene ring substituents is 1. The van der Waals surface area contributed by atoms with Crippen molar-refractivity contribution >= 4 is 45.2 Å². The molecule has 4 aromatic rings. The van der Waals surface area contributed by atoms with Crippen LogP contribution >= 0.6 is 11.3 Å². The van der Waals surface area contributed by atoms with E-state index in [0.29, 0.717) is 21.6 Å². The van der Waals surface area contributed by atoms with Crippen LogP contribution in [0.25, 0.3) is 10.1 Å². The van der Waals surface area contributed by atoms with Crippen LogP contribution in [0.4, 0.5) is 5.69 Å². The second kappa shape index (κ2) is 9.92. The number of hydrazone groups is 1. The quantitative estimate of drug-likeness (QED) is 0.213. The van der Waals surface area contributed by atoms with Gasteiger partial charge in [0.05, 0.1) is 21.6 Å². The van der Waals surface area contributed by atoms with Gasteiger partial charge < -0.3 is 9.84 Å². The molecule has 0 unspecified atom stereocenters. The van der Waals surface area contributed by atoms with Crippen molar-refractivity contribution in [3.63, 3.8) is 0 Å². The van der Waals surface area contributed by atoms with Crippen LogP contribution in [0.3, 0.4) is 0 Å². The number of carboxylic acid groups (broad SMARTS) is 1. The fourth-order valence-corrected chi connectivity index (χ4v) is 4.03. The summed E-state index contributed by atoms with van der Waals surface area (Å²) in [6, 6.07) is 19.5. The zero-order valence-corrected chi connectivity index (χ0v) is 18.3. The van der Waals surface area contributed by atoms with Crippen molar-refractivity contribution in [3.8, 4) is 5.75 Å². The highest BCUT2D eigenvalue weighted by Gasteiger charge is 2.13. The van der Waals surface area contributed by atoms with Gasteiger partial charge in [-0.15, -0.1) is 11.3 Å². The summed E-state index contributed by atoms with van der Waals surface area (Å²) in [5.74, 6) is -0.887. The molecule has 9 nitrogen and oxygen atoms in total. The lowest BCUT2D eigenvalue weighted by atomic mass is 10.1. The SMILES string of the molecule is O=C(O)c1ccc(COc2ccccc2/C=N\NC(=O)c2cc3cc([N+](=O)[O-])ccc3s2)cc1. The van der Waals surface area contributed by atoms with E-state index in [1.807, 2.05) is 0 Å². The van der Waals surface area contributed by atoms with E-state index >= 15 is 0 Å². The van der Waals surface area contributed by atoms with Crippen LogP contribution in [0.5, 0.6) is 5.75 Å². The summed E-state index contributed by atoms with van der Waals surface area (Å²) in [6.45, 7) is 0.227. The lowest BCUT2D eigenvalue weighted by Gasteiger charge is -2.09. The van der Waals surface area contributed by atoms with Gasteiger partial charge in [0, 0.05) is 27.8 Å². The molecule has 10 heteroatoms. The molecule has 0 aliphatic carbocycles. The van der Waals surface area contributed by atoms with E-state index in [4.69, 9.17) is 9.84 Å². The zero-order valence-electron chi connectivity index (χ0n) is 17.5. The molecular formula is C24H17N3O6S. The van der Waals surface area contributed by atoms with Crippen molar-refractivity contribution in [2.75, 3.05) is 0 Å². The molecule has 1 heterocycles. The highest BCUT2D eigenvalue weighted by Crippen LogP contribution is 2.29. The number of carbonyl (C=O) groups excluding carboxylic acids is 1. The minimum Gasteiger partial charge on any atom is -0.488 e. The van der Waals surface area contributed by atoms with Crippen molar-refractivity contribution in [3.05, 3.63) is 104 Å². The molecule has 1 amide bonds. The maximum absolute atomic E-state index is 12.5. The summed E-state index contributed by atoms with van der Waals surface area (Å²) in [6.07, 6.45) is 1.46. The number of non-ortho nitro benzene ring substituents is 1. The Morgan fingerprint density at radius 1 is 1.09 bits per heavy atom. The Morgan fingerprint density at radius 3 is 2.59 bits per heavy atom. The Labute approximate surface area is 197 Å². The topological polar surface area (TPSA) is 131 Å². The number of nitro groups is 1. The molecule has 1 aromatic heterocycles. The monoisotopic (exact) mass is 475 g/mol. The third kappa shape index (κ3) is 5.25. The van der Waals surface area contributed by atoms with E-state index in [-0.39, 0.29) is 17.9 Å². The predicted molar refractivity (Wildman–Crippen MR) is 128 cm³/mol. The van der Waals surface area contributed by atoms with Crippen molar-refractivity contribution in [2.24, 2.45) is 5.10 Å². The minimum absolute atomic E-state index is 0.0373. The number of benzene rings is 3. The van der Waals surface area contributed by atoms with Crippen LogP contribution in [0.15, 0.2) is 77.9 Å². The van der Waals surface area contributed by atoms with Crippen LogP contribution in [0.2, 0.25) is 0 Å². The zero-order chi connectivity index (χ0) is 24.1. The molecule has 0 aliphatic rings. The van der Waals surface area contributed by atoms with Crippen LogP contribution in [0.1, 0.15) is 31.2 Å². The number of hydrogen-bond donors (Lipinski definition) is 2. The number of nitrogens with zero attached hydrogens (tertiary/aromatic N) is 2. The van der Waals surface area contributed by atoms with Gasteiger partial charge in [0.2, 0.25) is 0 Å². The first-order valence-electron chi connectivity index (χ1n) is 9.96. The molecular weight excluding hydrogens is 458 g/mol. The van der Waals surface area contributed by atoms with E-state index in [2.05, 4.69) is 10.5 Å². The van der Waals surface area contributed by atoms with Gasteiger partial charge in [0.1, 0.15) is 12.4 Å². The highest BCUT2D eigenvalue weighted by atomic mass is 32.1. The number of thiophene rings is 1. The first-order valence-corrected chi connectivity index (χ1v) is 10.8. The van der Waals surface area contributed by atoms with Gasteiger partial charge in [-0.1, -0.05) is 24.3 Å². The molecule has 0 fully saturated rings. The normalized spacial score (nSPS) is 10.9. The fourth-order valence-electron chi connectivity index (χ4n) is 3.10. The number of rotatable bonds is 8. The lowest BCUT2D eigenvalue weighted by molar-refractivity contribution is -0.384. The summed E-state index contributed by atoms with van der Waals surface area (Å²) in [4.78, 5) is 34.3. The van der Waals surface area contributed by atoms with E-state index in [1.54, 1.807) is 48.5 Å². The van der Waals surface area contributed by atoms with E-state index in [1.165, 1.54) is 41.8 Å². The number of carbonyl (C=O) groups is 2. The highest BCUT2D eigenvalue weighted by molar-refractivity contribution is 7.20. The third-order valence-corrected chi connectivity index (χ3v) is 5.93. The molecule has 0 saturated heterocycles. The molecule has 34 heavy (non-hydrogen) atoms. The summed E-state index contributed by atoms with van der Waals surface area (Å²) >= 11 is 1.21. The average molecular weight is 475 g/mol. The van der Waals surface area contributed by atoms with Crippen LogP contribution in [-0.2, 0) is 6.61 Å². The van der Waals surface area contributed by atoms with E-state index < -0.39 is 16.8 Å². The average Bonchev–Trinajstić information content (AvgIpc) is 3.27. The molecule has 170 valence electrons. The van der Waals surface area contributed by atoms with Gasteiger partial charge in [-0.05, 0) is 42.0 Å². The number of hydrogen-bond acceptors (Lipinski definition) is 7. The van der Waals surface area contributed by atoms with Gasteiger partial charge in [0.25, 0.3) is 11.6 Å². The predicted octanol–water partition coefficient (Wildman–Crippen LogP) is 4.85. The summed E-state index contributed by atoms with van der Waals surface area (Å²) in [5.41, 5.74) is 4.06. The van der Waals surface area contributed by atoms with E-state index in [0.717, 1.165) is 10.3 Å². The maximum Gasteiger partial charge on any atom is 0.335 e. The minimum atomic E-state index is -0.993. The fraction of sp³-hybridized carbons (Fsp3) is 0.0417. The van der Waals surface area contributed by atoms with Crippen LogP contribution in [0, 0.1) is 10.1 Å². The Bertz CT molecular complexity index is 1410. The second-order valence-electron chi connectivity index (χ2n) is 7.12. The number of aromatic carboxylic acids is 1. The van der Waals surface area contributed by atoms with E-state index in [9.17, 15) is 19.7 Å². The van der Waals surface area contributed by atoms with Gasteiger partial charge in [0.15, 0.2) is 0 Å². The van der Waals surface area contributed by atoms with Crippen molar-refractivity contribution in [1.29, 1.82) is 0 Å². The standard InChI is InChI=1S/C24H17N3O6S/c28-23(22-12-18-11-19(27(31)32)9-10-21(18)34-22)26-25-13-17-3-1-2-4-20(17)33-14-15-5-7-16(8-6-15)24(29)30/h1-13H,14H2,(H,26,28)(H,29,30)/b25-13-. The lowest BCUT2D eigenvalue weighted by Crippen LogP contribution is -2.16. The Balaban J connectivity index is 1.41. The Morgan fingerprint density at radius 2 is 1.85 bits per heavy atom. The largest absolute Gasteiger partial charge is 0.488 e. The molecule has 0 saturated carbocycles. The first kappa shape index (κ1) is 22.6. The second-order valence-corrected chi connectivity index (χ2v) is 8.20. The smallest absolute Gasteiger partial charge is 0.335 e. The van der Waals surface area contributed by atoms with Crippen LogP contribution < -0.4 is 10.2 Å². The number of para-hydroxylation sites is 1. The summed E-state index contributed by atoms with van der Waals surface area (Å²) in [7, 11) is 0. The Kier molecular flexibility index (Phi) is 6.60. The molecule has 3 aromatic carbocycles.